The molecule has 1 aromatic rings. The van der Waals surface area contributed by atoms with E-state index in [0.29, 0.717) is 0 Å². The summed E-state index contributed by atoms with van der Waals surface area (Å²) < 4.78 is 1.05. The van der Waals surface area contributed by atoms with E-state index in [1.807, 2.05) is 24.3 Å². The molecule has 0 unspecified atom stereocenters. The maximum Gasteiger partial charge on any atom is 0.140 e. The van der Waals surface area contributed by atoms with Crippen LogP contribution in [0.15, 0.2) is 45.7 Å². The lowest BCUT2D eigenvalue weighted by Crippen LogP contribution is -1.93. The minimum atomic E-state index is 0.916. The monoisotopic (exact) mass is 278 g/mol. The zero-order valence-corrected chi connectivity index (χ0v) is 10.5. The number of nitrogens with zero attached hydrogens (tertiary/aromatic N) is 1. The summed E-state index contributed by atoms with van der Waals surface area (Å²) in [6, 6.07) is 7.79. The standard InChI is InChI=1S/C13H13BrNO/c14-12-8-6-11(7-9-12)10-15-16-13-4-2-1-3-5-13/h4,6-9H,1-3,5H2. The highest BCUT2D eigenvalue weighted by Crippen LogP contribution is 2.18. The van der Waals surface area contributed by atoms with Crippen LogP contribution in [0, 0.1) is 0 Å². The van der Waals surface area contributed by atoms with E-state index in [-0.39, 0.29) is 0 Å². The van der Waals surface area contributed by atoms with E-state index in [1.54, 1.807) is 0 Å². The summed E-state index contributed by atoms with van der Waals surface area (Å²) in [5.74, 6) is 0.968. The second kappa shape index (κ2) is 5.85. The van der Waals surface area contributed by atoms with Crippen LogP contribution in [0.1, 0.15) is 31.2 Å². The van der Waals surface area contributed by atoms with Gasteiger partial charge < -0.3 is 4.84 Å². The van der Waals surface area contributed by atoms with Crippen LogP contribution in [0.5, 0.6) is 0 Å². The predicted octanol–water partition coefficient (Wildman–Crippen LogP) is 4.13. The van der Waals surface area contributed by atoms with Crippen molar-refractivity contribution in [2.24, 2.45) is 5.16 Å². The first-order chi connectivity index (χ1) is 7.84. The van der Waals surface area contributed by atoms with Crippen molar-refractivity contribution in [3.63, 3.8) is 0 Å². The molecule has 1 aliphatic rings. The molecule has 0 heterocycles. The third-order valence-corrected chi connectivity index (χ3v) is 2.96. The average Bonchev–Trinajstić information content (AvgIpc) is 2.33. The van der Waals surface area contributed by atoms with Gasteiger partial charge in [0.15, 0.2) is 0 Å². The Morgan fingerprint density at radius 1 is 1.19 bits per heavy atom. The van der Waals surface area contributed by atoms with Gasteiger partial charge >= 0.3 is 0 Å². The van der Waals surface area contributed by atoms with Crippen LogP contribution >= 0.6 is 15.9 Å². The number of hydrogen-bond acceptors (Lipinski definition) is 2. The maximum absolute atomic E-state index is 5.28. The number of rotatable bonds is 3. The largest absolute Gasteiger partial charge is 0.361 e. The first-order valence-electron chi connectivity index (χ1n) is 5.42. The van der Waals surface area contributed by atoms with Crippen molar-refractivity contribution in [1.82, 2.24) is 0 Å². The van der Waals surface area contributed by atoms with Gasteiger partial charge in [0.1, 0.15) is 12.0 Å². The molecular formula is C13H13BrNO. The SMILES string of the molecule is Brc1ccc([C]=NOC2=CCCCC2)cc1. The number of halogens is 1. The summed E-state index contributed by atoms with van der Waals surface area (Å²) in [5, 5.41) is 3.86. The Balaban J connectivity index is 1.89. The van der Waals surface area contributed by atoms with Gasteiger partial charge in [-0.3, -0.25) is 0 Å². The normalized spacial score (nSPS) is 16.2. The molecule has 0 spiro atoms. The van der Waals surface area contributed by atoms with Gasteiger partial charge in [-0.2, -0.15) is 0 Å². The third kappa shape index (κ3) is 3.49. The van der Waals surface area contributed by atoms with Gasteiger partial charge in [0, 0.05) is 16.5 Å². The van der Waals surface area contributed by atoms with E-state index in [4.69, 9.17) is 4.84 Å². The fourth-order valence-electron chi connectivity index (χ4n) is 1.55. The van der Waals surface area contributed by atoms with Gasteiger partial charge in [0.25, 0.3) is 0 Å². The number of allylic oxidation sites excluding steroid dienone is 2. The molecule has 0 saturated carbocycles. The molecule has 0 aromatic heterocycles. The lowest BCUT2D eigenvalue weighted by molar-refractivity contribution is 0.210. The van der Waals surface area contributed by atoms with Crippen LogP contribution in [-0.4, -0.2) is 6.21 Å². The molecule has 0 amide bonds. The van der Waals surface area contributed by atoms with Crippen molar-refractivity contribution in [1.29, 1.82) is 0 Å². The molecule has 0 fully saturated rings. The van der Waals surface area contributed by atoms with Gasteiger partial charge in [0.2, 0.25) is 0 Å². The summed E-state index contributed by atoms with van der Waals surface area (Å²) in [7, 11) is 0. The van der Waals surface area contributed by atoms with Crippen LogP contribution in [0.25, 0.3) is 0 Å². The molecule has 1 radical (unpaired) electrons. The number of benzene rings is 1. The van der Waals surface area contributed by atoms with Crippen molar-refractivity contribution < 1.29 is 4.84 Å². The summed E-state index contributed by atoms with van der Waals surface area (Å²) in [4.78, 5) is 5.28. The predicted molar refractivity (Wildman–Crippen MR) is 68.3 cm³/mol. The van der Waals surface area contributed by atoms with Crippen LogP contribution in [0.3, 0.4) is 0 Å². The van der Waals surface area contributed by atoms with Crippen molar-refractivity contribution >= 4 is 22.1 Å². The Morgan fingerprint density at radius 2 is 2.00 bits per heavy atom. The van der Waals surface area contributed by atoms with Crippen LogP contribution in [0.4, 0.5) is 0 Å². The summed E-state index contributed by atoms with van der Waals surface area (Å²) in [5.41, 5.74) is 0.916. The molecule has 0 saturated heterocycles. The highest BCUT2D eigenvalue weighted by molar-refractivity contribution is 9.10. The molecule has 0 aliphatic heterocycles. The zero-order chi connectivity index (χ0) is 11.2. The van der Waals surface area contributed by atoms with E-state index < -0.39 is 0 Å². The molecule has 83 valence electrons. The van der Waals surface area contributed by atoms with Gasteiger partial charge in [-0.25, -0.2) is 0 Å². The van der Waals surface area contributed by atoms with Gasteiger partial charge in [-0.1, -0.05) is 33.2 Å². The molecule has 16 heavy (non-hydrogen) atoms. The van der Waals surface area contributed by atoms with Crippen molar-refractivity contribution in [3.05, 3.63) is 46.1 Å². The lowest BCUT2D eigenvalue weighted by atomic mass is 10.1. The molecule has 2 rings (SSSR count). The molecule has 0 bridgehead atoms. The van der Waals surface area contributed by atoms with Crippen molar-refractivity contribution in [2.45, 2.75) is 25.7 Å². The van der Waals surface area contributed by atoms with E-state index in [9.17, 15) is 0 Å². The van der Waals surface area contributed by atoms with Gasteiger partial charge in [-0.15, -0.1) is 0 Å². The Labute approximate surface area is 104 Å². The third-order valence-electron chi connectivity index (χ3n) is 2.43. The first kappa shape index (κ1) is 11.4. The molecule has 3 heteroatoms. The maximum atomic E-state index is 5.28. The van der Waals surface area contributed by atoms with E-state index in [0.717, 1.165) is 28.6 Å². The summed E-state index contributed by atoms with van der Waals surface area (Å²) >= 11 is 3.38. The fraction of sp³-hybridized carbons (Fsp3) is 0.308. The Hall–Kier alpha value is -1.09. The summed E-state index contributed by atoms with van der Waals surface area (Å²) in [6.07, 6.45) is 9.51. The first-order valence-corrected chi connectivity index (χ1v) is 6.21. The molecular weight excluding hydrogens is 266 g/mol. The van der Waals surface area contributed by atoms with Gasteiger partial charge in [0.05, 0.1) is 0 Å². The highest BCUT2D eigenvalue weighted by Gasteiger charge is 2.03. The lowest BCUT2D eigenvalue weighted by Gasteiger charge is -2.08. The Kier molecular flexibility index (Phi) is 4.17. The van der Waals surface area contributed by atoms with E-state index in [1.165, 1.54) is 12.8 Å². The minimum Gasteiger partial charge on any atom is -0.361 e. The van der Waals surface area contributed by atoms with E-state index in [2.05, 4.69) is 33.4 Å². The topological polar surface area (TPSA) is 21.6 Å². The molecule has 0 N–H and O–H groups in total. The zero-order valence-electron chi connectivity index (χ0n) is 8.95. The average molecular weight is 279 g/mol. The van der Waals surface area contributed by atoms with Crippen LogP contribution in [-0.2, 0) is 4.84 Å². The van der Waals surface area contributed by atoms with Crippen LogP contribution in [0.2, 0.25) is 0 Å². The van der Waals surface area contributed by atoms with Crippen molar-refractivity contribution in [2.75, 3.05) is 0 Å². The van der Waals surface area contributed by atoms with Crippen molar-refractivity contribution in [3.8, 4) is 0 Å². The molecule has 0 atom stereocenters. The molecule has 2 nitrogen and oxygen atoms in total. The molecule has 1 aromatic carbocycles. The van der Waals surface area contributed by atoms with E-state index >= 15 is 0 Å². The second-order valence-corrected chi connectivity index (χ2v) is 4.63. The van der Waals surface area contributed by atoms with Crippen LogP contribution < -0.4 is 0 Å². The fourth-order valence-corrected chi connectivity index (χ4v) is 1.81. The molecule has 1 aliphatic carbocycles. The Morgan fingerprint density at radius 3 is 2.69 bits per heavy atom. The smallest absolute Gasteiger partial charge is 0.140 e. The number of hydrogen-bond donors (Lipinski definition) is 0. The summed E-state index contributed by atoms with van der Waals surface area (Å²) in [6.45, 7) is 0. The quantitative estimate of drug-likeness (QED) is 0.602. The van der Waals surface area contributed by atoms with Gasteiger partial charge in [-0.05, 0) is 37.5 Å². The Bertz CT molecular complexity index is 395. The second-order valence-electron chi connectivity index (χ2n) is 3.72. The highest BCUT2D eigenvalue weighted by atomic mass is 79.9. The minimum absolute atomic E-state index is 0.916.